The van der Waals surface area contributed by atoms with E-state index in [0.29, 0.717) is 0 Å². The smallest absolute Gasteiger partial charge is 0.126 e. The Morgan fingerprint density at radius 3 is 1.43 bits per heavy atom. The van der Waals surface area contributed by atoms with Crippen molar-refractivity contribution in [2.24, 2.45) is 0 Å². The Bertz CT molecular complexity index is 277. The summed E-state index contributed by atoms with van der Waals surface area (Å²) in [5, 5.41) is 0. The largest absolute Gasteiger partial charge is 0.465 e. The fourth-order valence-electron chi connectivity index (χ4n) is 0.890. The topological polar surface area (TPSA) is 18.5 Å². The Kier molecular flexibility index (Phi) is 4.35. The van der Waals surface area contributed by atoms with Crippen molar-refractivity contribution >= 4 is 0 Å². The van der Waals surface area contributed by atoms with Crippen molar-refractivity contribution in [3.8, 4) is 11.5 Å². The molecule has 0 aliphatic rings. The standard InChI is InChI=1S/C12H14O2/c1-3-9-13-11-5-7-12(8-6-11)14-10-4-2/h3-10H,1-2H3. The Hall–Kier alpha value is -1.70. The second-order valence-electron chi connectivity index (χ2n) is 2.65. The summed E-state index contributed by atoms with van der Waals surface area (Å²) in [6, 6.07) is 7.44. The Balaban J connectivity index is 2.58. The van der Waals surface area contributed by atoms with E-state index in [0.717, 1.165) is 11.5 Å². The summed E-state index contributed by atoms with van der Waals surface area (Å²) in [7, 11) is 0. The summed E-state index contributed by atoms with van der Waals surface area (Å²) in [4.78, 5) is 0. The van der Waals surface area contributed by atoms with Crippen LogP contribution in [0.3, 0.4) is 0 Å². The minimum absolute atomic E-state index is 0.802. The first-order valence-electron chi connectivity index (χ1n) is 4.52. The molecule has 0 unspecified atom stereocenters. The summed E-state index contributed by atoms with van der Waals surface area (Å²) in [6.45, 7) is 3.81. The highest BCUT2D eigenvalue weighted by atomic mass is 16.5. The Labute approximate surface area is 84.5 Å². The van der Waals surface area contributed by atoms with Gasteiger partial charge in [-0.25, -0.2) is 0 Å². The van der Waals surface area contributed by atoms with Gasteiger partial charge in [-0.3, -0.25) is 0 Å². The van der Waals surface area contributed by atoms with Crippen molar-refractivity contribution in [2.75, 3.05) is 0 Å². The maximum absolute atomic E-state index is 5.26. The molecule has 0 fully saturated rings. The van der Waals surface area contributed by atoms with E-state index in [2.05, 4.69) is 0 Å². The summed E-state index contributed by atoms with van der Waals surface area (Å²) in [6.07, 6.45) is 6.96. The van der Waals surface area contributed by atoms with Crippen LogP contribution in [0.4, 0.5) is 0 Å². The third-order valence-corrected chi connectivity index (χ3v) is 1.50. The van der Waals surface area contributed by atoms with Gasteiger partial charge in [0.15, 0.2) is 0 Å². The van der Waals surface area contributed by atoms with Gasteiger partial charge in [0, 0.05) is 0 Å². The van der Waals surface area contributed by atoms with E-state index in [1.807, 2.05) is 50.3 Å². The third-order valence-electron chi connectivity index (χ3n) is 1.50. The second-order valence-corrected chi connectivity index (χ2v) is 2.65. The van der Waals surface area contributed by atoms with Crippen LogP contribution in [0.5, 0.6) is 11.5 Å². The lowest BCUT2D eigenvalue weighted by Gasteiger charge is -2.02. The Morgan fingerprint density at radius 2 is 1.14 bits per heavy atom. The van der Waals surface area contributed by atoms with Crippen molar-refractivity contribution in [2.45, 2.75) is 13.8 Å². The number of allylic oxidation sites excluding steroid dienone is 2. The molecule has 0 N–H and O–H groups in total. The molecule has 14 heavy (non-hydrogen) atoms. The van der Waals surface area contributed by atoms with E-state index in [1.54, 1.807) is 12.5 Å². The zero-order valence-corrected chi connectivity index (χ0v) is 8.44. The first kappa shape index (κ1) is 10.4. The molecule has 1 aromatic carbocycles. The fourth-order valence-corrected chi connectivity index (χ4v) is 0.890. The van der Waals surface area contributed by atoms with Gasteiger partial charge < -0.3 is 9.47 Å². The molecule has 74 valence electrons. The van der Waals surface area contributed by atoms with Crippen LogP contribution < -0.4 is 9.47 Å². The second kappa shape index (κ2) is 5.86. The van der Waals surface area contributed by atoms with Crippen molar-refractivity contribution < 1.29 is 9.47 Å². The number of hydrogen-bond donors (Lipinski definition) is 0. The molecule has 2 nitrogen and oxygen atoms in total. The first-order valence-corrected chi connectivity index (χ1v) is 4.52. The van der Waals surface area contributed by atoms with Gasteiger partial charge in [0.05, 0.1) is 12.5 Å². The normalized spacial score (nSPS) is 11.0. The Morgan fingerprint density at radius 1 is 0.786 bits per heavy atom. The van der Waals surface area contributed by atoms with E-state index >= 15 is 0 Å². The van der Waals surface area contributed by atoms with Gasteiger partial charge in [0.2, 0.25) is 0 Å². The third kappa shape index (κ3) is 3.35. The van der Waals surface area contributed by atoms with Crippen molar-refractivity contribution in [3.05, 3.63) is 48.9 Å². The quantitative estimate of drug-likeness (QED) is 0.676. The van der Waals surface area contributed by atoms with Crippen molar-refractivity contribution in [1.82, 2.24) is 0 Å². The molecule has 0 amide bonds. The molecule has 0 spiro atoms. The highest BCUT2D eigenvalue weighted by Crippen LogP contribution is 2.17. The minimum Gasteiger partial charge on any atom is -0.465 e. The van der Waals surface area contributed by atoms with E-state index < -0.39 is 0 Å². The fraction of sp³-hybridized carbons (Fsp3) is 0.167. The average Bonchev–Trinajstić information content (AvgIpc) is 2.25. The average molecular weight is 190 g/mol. The SMILES string of the molecule is CC=COc1ccc(OC=CC)cc1. The molecule has 0 aliphatic heterocycles. The summed E-state index contributed by atoms with van der Waals surface area (Å²) < 4.78 is 10.5. The van der Waals surface area contributed by atoms with Gasteiger partial charge in [-0.2, -0.15) is 0 Å². The molecule has 0 bridgehead atoms. The van der Waals surface area contributed by atoms with E-state index in [1.165, 1.54) is 0 Å². The molecule has 0 aromatic heterocycles. The lowest BCUT2D eigenvalue weighted by molar-refractivity contribution is 0.467. The van der Waals surface area contributed by atoms with Crippen LogP contribution in [0, 0.1) is 0 Å². The van der Waals surface area contributed by atoms with E-state index in [9.17, 15) is 0 Å². The van der Waals surface area contributed by atoms with E-state index in [-0.39, 0.29) is 0 Å². The number of benzene rings is 1. The lowest BCUT2D eigenvalue weighted by Crippen LogP contribution is -1.83. The number of rotatable bonds is 4. The van der Waals surface area contributed by atoms with Gasteiger partial charge in [0.1, 0.15) is 11.5 Å². The van der Waals surface area contributed by atoms with Crippen molar-refractivity contribution in [1.29, 1.82) is 0 Å². The molecule has 2 heteroatoms. The van der Waals surface area contributed by atoms with Crippen LogP contribution in [-0.2, 0) is 0 Å². The predicted molar refractivity (Wildman–Crippen MR) is 57.3 cm³/mol. The van der Waals surface area contributed by atoms with Gasteiger partial charge in [-0.15, -0.1) is 0 Å². The maximum atomic E-state index is 5.26. The van der Waals surface area contributed by atoms with Crippen LogP contribution in [0.1, 0.15) is 13.8 Å². The van der Waals surface area contributed by atoms with Crippen LogP contribution in [-0.4, -0.2) is 0 Å². The molecule has 0 atom stereocenters. The van der Waals surface area contributed by atoms with Crippen molar-refractivity contribution in [3.63, 3.8) is 0 Å². The zero-order valence-electron chi connectivity index (χ0n) is 8.44. The molecule has 0 aliphatic carbocycles. The summed E-state index contributed by atoms with van der Waals surface area (Å²) in [5.41, 5.74) is 0. The molecule has 1 rings (SSSR count). The zero-order chi connectivity index (χ0) is 10.2. The maximum Gasteiger partial charge on any atom is 0.126 e. The number of hydrogen-bond acceptors (Lipinski definition) is 2. The summed E-state index contributed by atoms with van der Waals surface area (Å²) >= 11 is 0. The molecular weight excluding hydrogens is 176 g/mol. The lowest BCUT2D eigenvalue weighted by atomic mass is 10.3. The first-order chi connectivity index (χ1) is 6.86. The minimum atomic E-state index is 0.802. The molecule has 1 aromatic rings. The van der Waals surface area contributed by atoms with Crippen LogP contribution >= 0.6 is 0 Å². The van der Waals surface area contributed by atoms with Crippen LogP contribution in [0.25, 0.3) is 0 Å². The van der Waals surface area contributed by atoms with Crippen LogP contribution in [0.15, 0.2) is 48.9 Å². The van der Waals surface area contributed by atoms with E-state index in [4.69, 9.17) is 9.47 Å². The molecule has 0 radical (unpaired) electrons. The highest BCUT2D eigenvalue weighted by molar-refractivity contribution is 5.32. The van der Waals surface area contributed by atoms with Crippen LogP contribution in [0.2, 0.25) is 0 Å². The molecule has 0 saturated carbocycles. The summed E-state index contributed by atoms with van der Waals surface area (Å²) in [5.74, 6) is 1.60. The van der Waals surface area contributed by atoms with Gasteiger partial charge >= 0.3 is 0 Å². The molecule has 0 saturated heterocycles. The number of ether oxygens (including phenoxy) is 2. The monoisotopic (exact) mass is 190 g/mol. The molecule has 0 heterocycles. The predicted octanol–water partition coefficient (Wildman–Crippen LogP) is 3.51. The molecular formula is C12H14O2. The van der Waals surface area contributed by atoms with Gasteiger partial charge in [-0.05, 0) is 38.1 Å². The highest BCUT2D eigenvalue weighted by Gasteiger charge is 1.92. The van der Waals surface area contributed by atoms with Gasteiger partial charge in [-0.1, -0.05) is 12.2 Å². The van der Waals surface area contributed by atoms with Gasteiger partial charge in [0.25, 0.3) is 0 Å².